The zero-order chi connectivity index (χ0) is 11.5. The van der Waals surface area contributed by atoms with Gasteiger partial charge in [-0.1, -0.05) is 11.6 Å². The maximum atomic E-state index is 11.7. The number of pyridine rings is 1. The van der Waals surface area contributed by atoms with Gasteiger partial charge in [0.15, 0.2) is 0 Å². The van der Waals surface area contributed by atoms with E-state index in [0.717, 1.165) is 5.69 Å². The third kappa shape index (κ3) is 2.56. The van der Waals surface area contributed by atoms with Crippen LogP contribution in [0.2, 0.25) is 5.02 Å². The standard InChI is InChI=1S/C10H8ClN3OS/c1-6-4-9(16-14-6)13-10(15)8-5-7(11)2-3-12-8/h2-5H,1H3,(H,13,15). The van der Waals surface area contributed by atoms with Gasteiger partial charge in [0.2, 0.25) is 0 Å². The molecule has 82 valence electrons. The average molecular weight is 254 g/mol. The number of aryl methyl sites for hydroxylation is 1. The first kappa shape index (κ1) is 11.0. The van der Waals surface area contributed by atoms with E-state index >= 15 is 0 Å². The lowest BCUT2D eigenvalue weighted by atomic mass is 10.3. The van der Waals surface area contributed by atoms with Gasteiger partial charge in [-0.25, -0.2) is 0 Å². The molecule has 0 aromatic carbocycles. The Morgan fingerprint density at radius 1 is 1.50 bits per heavy atom. The first-order valence-electron chi connectivity index (χ1n) is 4.51. The molecule has 0 bridgehead atoms. The van der Waals surface area contributed by atoms with Crippen molar-refractivity contribution in [3.63, 3.8) is 0 Å². The molecule has 1 N–H and O–H groups in total. The zero-order valence-corrected chi connectivity index (χ0v) is 9.97. The minimum absolute atomic E-state index is 0.286. The van der Waals surface area contributed by atoms with Gasteiger partial charge in [0.05, 0.1) is 5.69 Å². The molecule has 0 atom stereocenters. The fourth-order valence-electron chi connectivity index (χ4n) is 1.13. The molecule has 6 heteroatoms. The molecule has 4 nitrogen and oxygen atoms in total. The summed E-state index contributed by atoms with van der Waals surface area (Å²) >= 11 is 7.00. The van der Waals surface area contributed by atoms with Gasteiger partial charge in [-0.05, 0) is 36.7 Å². The molecule has 2 aromatic heterocycles. The number of hydrogen-bond donors (Lipinski definition) is 1. The molecule has 0 aliphatic heterocycles. The minimum atomic E-state index is -0.286. The van der Waals surface area contributed by atoms with Crippen LogP contribution in [0, 0.1) is 6.92 Å². The third-order valence-corrected chi connectivity index (χ3v) is 2.85. The normalized spacial score (nSPS) is 10.1. The van der Waals surface area contributed by atoms with Crippen molar-refractivity contribution < 1.29 is 4.79 Å². The van der Waals surface area contributed by atoms with Crippen molar-refractivity contribution in [3.05, 3.63) is 40.8 Å². The third-order valence-electron chi connectivity index (χ3n) is 1.82. The van der Waals surface area contributed by atoms with E-state index < -0.39 is 0 Å². The average Bonchev–Trinajstić information content (AvgIpc) is 2.64. The van der Waals surface area contributed by atoms with Crippen LogP contribution in [0.5, 0.6) is 0 Å². The Kier molecular flexibility index (Phi) is 3.17. The highest BCUT2D eigenvalue weighted by Crippen LogP contribution is 2.16. The Balaban J connectivity index is 2.14. The Morgan fingerprint density at radius 3 is 2.94 bits per heavy atom. The Bertz CT molecular complexity index is 526. The van der Waals surface area contributed by atoms with Crippen LogP contribution >= 0.6 is 23.1 Å². The molecule has 0 saturated carbocycles. The zero-order valence-electron chi connectivity index (χ0n) is 8.40. The van der Waals surface area contributed by atoms with Crippen LogP contribution in [0.15, 0.2) is 24.4 Å². The van der Waals surface area contributed by atoms with Crippen LogP contribution in [-0.2, 0) is 0 Å². The second kappa shape index (κ2) is 4.59. The van der Waals surface area contributed by atoms with Crippen LogP contribution in [-0.4, -0.2) is 15.3 Å². The van der Waals surface area contributed by atoms with Gasteiger partial charge in [0.1, 0.15) is 10.7 Å². The maximum Gasteiger partial charge on any atom is 0.274 e. The van der Waals surface area contributed by atoms with Gasteiger partial charge in [-0.15, -0.1) is 0 Å². The van der Waals surface area contributed by atoms with Crippen LogP contribution in [0.25, 0.3) is 0 Å². The molecule has 2 aromatic rings. The van der Waals surface area contributed by atoms with Gasteiger partial charge < -0.3 is 5.32 Å². The van der Waals surface area contributed by atoms with Gasteiger partial charge in [-0.2, -0.15) is 4.37 Å². The highest BCUT2D eigenvalue weighted by Gasteiger charge is 2.09. The second-order valence-corrected chi connectivity index (χ2v) is 4.39. The summed E-state index contributed by atoms with van der Waals surface area (Å²) in [4.78, 5) is 15.7. The highest BCUT2D eigenvalue weighted by molar-refractivity contribution is 7.10. The number of hydrogen-bond acceptors (Lipinski definition) is 4. The van der Waals surface area contributed by atoms with Crippen molar-refractivity contribution in [2.45, 2.75) is 6.92 Å². The van der Waals surface area contributed by atoms with Gasteiger partial charge in [-0.3, -0.25) is 9.78 Å². The molecule has 0 radical (unpaired) electrons. The Morgan fingerprint density at radius 2 is 2.31 bits per heavy atom. The fraction of sp³-hybridized carbons (Fsp3) is 0.100. The summed E-state index contributed by atoms with van der Waals surface area (Å²) < 4.78 is 4.06. The SMILES string of the molecule is Cc1cc(NC(=O)c2cc(Cl)ccn2)sn1. The number of aromatic nitrogens is 2. The van der Waals surface area contributed by atoms with Crippen molar-refractivity contribution in [2.75, 3.05) is 5.32 Å². The largest absolute Gasteiger partial charge is 0.311 e. The summed E-state index contributed by atoms with van der Waals surface area (Å²) in [6, 6.07) is 4.94. The summed E-state index contributed by atoms with van der Waals surface area (Å²) in [5.41, 5.74) is 1.16. The van der Waals surface area contributed by atoms with E-state index in [0.29, 0.717) is 15.7 Å². The Labute approximate surface area is 101 Å². The summed E-state index contributed by atoms with van der Waals surface area (Å²) in [5, 5.41) is 3.89. The van der Waals surface area contributed by atoms with Gasteiger partial charge in [0.25, 0.3) is 5.91 Å². The Hall–Kier alpha value is -1.46. The molecule has 16 heavy (non-hydrogen) atoms. The number of nitrogens with one attached hydrogen (secondary N) is 1. The van der Waals surface area contributed by atoms with Crippen molar-refractivity contribution in [3.8, 4) is 0 Å². The molecular weight excluding hydrogens is 246 g/mol. The predicted molar refractivity (Wildman–Crippen MR) is 64.1 cm³/mol. The molecule has 0 aliphatic rings. The lowest BCUT2D eigenvalue weighted by molar-refractivity contribution is 0.102. The van der Waals surface area contributed by atoms with E-state index in [1.165, 1.54) is 23.8 Å². The van der Waals surface area contributed by atoms with Gasteiger partial charge in [0, 0.05) is 11.2 Å². The van der Waals surface area contributed by atoms with Crippen molar-refractivity contribution in [1.82, 2.24) is 9.36 Å². The quantitative estimate of drug-likeness (QED) is 0.895. The van der Waals surface area contributed by atoms with E-state index in [2.05, 4.69) is 14.7 Å². The van der Waals surface area contributed by atoms with E-state index in [4.69, 9.17) is 11.6 Å². The van der Waals surface area contributed by atoms with E-state index in [1.54, 1.807) is 12.1 Å². The van der Waals surface area contributed by atoms with Crippen LogP contribution < -0.4 is 5.32 Å². The molecule has 0 spiro atoms. The molecule has 0 saturated heterocycles. The lowest BCUT2D eigenvalue weighted by Crippen LogP contribution is -2.12. The number of anilines is 1. The molecule has 1 amide bonds. The van der Waals surface area contributed by atoms with Crippen LogP contribution in [0.4, 0.5) is 5.00 Å². The van der Waals surface area contributed by atoms with Crippen molar-refractivity contribution in [1.29, 1.82) is 0 Å². The first-order chi connectivity index (χ1) is 7.65. The second-order valence-electron chi connectivity index (χ2n) is 3.15. The summed E-state index contributed by atoms with van der Waals surface area (Å²) in [7, 11) is 0. The molecule has 2 heterocycles. The molecular formula is C10H8ClN3OS. The monoisotopic (exact) mass is 253 g/mol. The molecule has 2 rings (SSSR count). The predicted octanol–water partition coefficient (Wildman–Crippen LogP) is 2.75. The smallest absolute Gasteiger partial charge is 0.274 e. The number of carbonyl (C=O) groups is 1. The highest BCUT2D eigenvalue weighted by atomic mass is 35.5. The number of rotatable bonds is 2. The number of nitrogens with zero attached hydrogens (tertiary/aromatic N) is 2. The maximum absolute atomic E-state index is 11.7. The number of halogens is 1. The van der Waals surface area contributed by atoms with Crippen molar-refractivity contribution >= 4 is 34.0 Å². The lowest BCUT2D eigenvalue weighted by Gasteiger charge is -2.00. The summed E-state index contributed by atoms with van der Waals surface area (Å²) in [6.07, 6.45) is 1.50. The topological polar surface area (TPSA) is 54.9 Å². The molecule has 0 aliphatic carbocycles. The van der Waals surface area contributed by atoms with E-state index in [9.17, 15) is 4.79 Å². The number of carbonyl (C=O) groups excluding carboxylic acids is 1. The van der Waals surface area contributed by atoms with Crippen molar-refractivity contribution in [2.24, 2.45) is 0 Å². The first-order valence-corrected chi connectivity index (χ1v) is 5.66. The summed E-state index contributed by atoms with van der Waals surface area (Å²) in [6.45, 7) is 1.86. The fourth-order valence-corrected chi connectivity index (χ4v) is 1.94. The number of amides is 1. The van der Waals surface area contributed by atoms with E-state index in [-0.39, 0.29) is 5.91 Å². The van der Waals surface area contributed by atoms with Crippen LogP contribution in [0.3, 0.4) is 0 Å². The molecule has 0 fully saturated rings. The molecule has 0 unspecified atom stereocenters. The van der Waals surface area contributed by atoms with Gasteiger partial charge >= 0.3 is 0 Å². The summed E-state index contributed by atoms with van der Waals surface area (Å²) in [5.74, 6) is -0.286. The minimum Gasteiger partial charge on any atom is -0.311 e. The van der Waals surface area contributed by atoms with E-state index in [1.807, 2.05) is 6.92 Å². The van der Waals surface area contributed by atoms with Crippen LogP contribution in [0.1, 0.15) is 16.2 Å².